The molecule has 28 heavy (non-hydrogen) atoms. The smallest absolute Gasteiger partial charge is 0.234 e. The van der Waals surface area contributed by atoms with Gasteiger partial charge in [0.15, 0.2) is 5.96 Å². The molecule has 0 saturated heterocycles. The molecule has 0 aliphatic rings. The third-order valence-corrected chi connectivity index (χ3v) is 6.10. The molecule has 1 aromatic heterocycles. The molecule has 0 unspecified atom stereocenters. The van der Waals surface area contributed by atoms with E-state index in [0.717, 1.165) is 0 Å². The number of thiophene rings is 1. The van der Waals surface area contributed by atoms with Gasteiger partial charge in [-0.15, -0.1) is 35.3 Å². The van der Waals surface area contributed by atoms with Gasteiger partial charge in [-0.25, -0.2) is 17.8 Å². The second kappa shape index (κ2) is 11.6. The van der Waals surface area contributed by atoms with Crippen LogP contribution in [0.2, 0.25) is 0 Å². The normalized spacial score (nSPS) is 11.6. The number of nitrogens with zero attached hydrogens (tertiary/aromatic N) is 1. The van der Waals surface area contributed by atoms with Crippen molar-refractivity contribution < 1.29 is 12.8 Å². The lowest BCUT2D eigenvalue weighted by Crippen LogP contribution is -2.40. The fourth-order valence-corrected chi connectivity index (χ4v) is 4.04. The zero-order valence-corrected chi connectivity index (χ0v) is 20.0. The third-order valence-electron chi connectivity index (χ3n) is 3.80. The predicted molar refractivity (Wildman–Crippen MR) is 126 cm³/mol. The minimum Gasteiger partial charge on any atom is -0.357 e. The largest absolute Gasteiger partial charge is 0.357 e. The molecule has 0 aliphatic carbocycles. The Labute approximate surface area is 187 Å². The van der Waals surface area contributed by atoms with E-state index >= 15 is 0 Å². The van der Waals surface area contributed by atoms with Crippen molar-refractivity contribution in [2.75, 3.05) is 23.6 Å². The summed E-state index contributed by atoms with van der Waals surface area (Å²) in [5.41, 5.74) is 1.87. The van der Waals surface area contributed by atoms with Gasteiger partial charge in [-0.05, 0) is 55.5 Å². The lowest BCUT2D eigenvalue weighted by Gasteiger charge is -2.12. The summed E-state index contributed by atoms with van der Waals surface area (Å²) in [6, 6.07) is 6.30. The number of rotatable bonds is 8. The molecular formula is C18H26FIN4O2S2. The van der Waals surface area contributed by atoms with Crippen molar-refractivity contribution in [1.82, 2.24) is 10.6 Å². The van der Waals surface area contributed by atoms with Crippen molar-refractivity contribution in [3.63, 3.8) is 0 Å². The predicted octanol–water partition coefficient (Wildman–Crippen LogP) is 3.62. The Balaban J connectivity index is 0.00000392. The topological polar surface area (TPSA) is 82.6 Å². The standard InChI is InChI=1S/C18H25FN4O2S2.HI/c1-4-20-18(22-12-17-14(3)7-9-26-17)21-8-10-27(24,25)23-15-6-5-13(2)16(19)11-15;/h5-7,9,11,23H,4,8,10,12H2,1-3H3,(H2,20,21,22);1H. The first-order valence-corrected chi connectivity index (χ1v) is 11.2. The van der Waals surface area contributed by atoms with Gasteiger partial charge in [0.1, 0.15) is 5.82 Å². The van der Waals surface area contributed by atoms with Crippen molar-refractivity contribution in [2.45, 2.75) is 27.3 Å². The first-order chi connectivity index (χ1) is 12.8. The van der Waals surface area contributed by atoms with E-state index in [4.69, 9.17) is 0 Å². The fraction of sp³-hybridized carbons (Fsp3) is 0.389. The molecule has 1 aromatic carbocycles. The Morgan fingerprint density at radius 3 is 2.54 bits per heavy atom. The fourth-order valence-electron chi connectivity index (χ4n) is 2.25. The van der Waals surface area contributed by atoms with E-state index in [2.05, 4.69) is 20.3 Å². The number of hydrogen-bond acceptors (Lipinski definition) is 4. The van der Waals surface area contributed by atoms with Gasteiger partial charge in [0.25, 0.3) is 0 Å². The summed E-state index contributed by atoms with van der Waals surface area (Å²) in [6.07, 6.45) is 0. The summed E-state index contributed by atoms with van der Waals surface area (Å²) in [5.74, 6) is -0.0501. The highest BCUT2D eigenvalue weighted by Crippen LogP contribution is 2.16. The molecule has 6 nitrogen and oxygen atoms in total. The molecule has 0 amide bonds. The number of sulfonamides is 1. The van der Waals surface area contributed by atoms with E-state index in [-0.39, 0.29) is 42.0 Å². The number of halogens is 2. The van der Waals surface area contributed by atoms with Crippen LogP contribution in [-0.2, 0) is 16.6 Å². The van der Waals surface area contributed by atoms with Gasteiger partial charge < -0.3 is 10.6 Å². The van der Waals surface area contributed by atoms with Gasteiger partial charge in [-0.1, -0.05) is 6.07 Å². The molecule has 156 valence electrons. The third kappa shape index (κ3) is 7.92. The van der Waals surface area contributed by atoms with Crippen LogP contribution in [0, 0.1) is 19.7 Å². The van der Waals surface area contributed by atoms with E-state index in [1.807, 2.05) is 25.3 Å². The summed E-state index contributed by atoms with van der Waals surface area (Å²) >= 11 is 1.64. The van der Waals surface area contributed by atoms with E-state index in [1.165, 1.54) is 28.6 Å². The van der Waals surface area contributed by atoms with E-state index in [0.29, 0.717) is 24.6 Å². The summed E-state index contributed by atoms with van der Waals surface area (Å²) in [4.78, 5) is 5.65. The van der Waals surface area contributed by atoms with Crippen LogP contribution in [0.5, 0.6) is 0 Å². The van der Waals surface area contributed by atoms with E-state index in [9.17, 15) is 12.8 Å². The molecule has 2 rings (SSSR count). The lowest BCUT2D eigenvalue weighted by molar-refractivity contribution is 0.599. The van der Waals surface area contributed by atoms with Crippen molar-refractivity contribution in [3.8, 4) is 0 Å². The van der Waals surface area contributed by atoms with Crippen LogP contribution in [-0.4, -0.2) is 33.2 Å². The van der Waals surface area contributed by atoms with Crippen LogP contribution in [0.25, 0.3) is 0 Å². The van der Waals surface area contributed by atoms with Crippen LogP contribution >= 0.6 is 35.3 Å². The number of nitrogens with one attached hydrogen (secondary N) is 3. The number of guanidine groups is 1. The first kappa shape index (κ1) is 24.6. The maximum atomic E-state index is 13.6. The molecule has 3 N–H and O–H groups in total. The molecule has 0 atom stereocenters. The van der Waals surface area contributed by atoms with Gasteiger partial charge in [0.2, 0.25) is 10.0 Å². The van der Waals surface area contributed by atoms with Gasteiger partial charge in [-0.2, -0.15) is 0 Å². The Hall–Kier alpha value is -1.40. The Morgan fingerprint density at radius 1 is 1.18 bits per heavy atom. The maximum Gasteiger partial charge on any atom is 0.234 e. The Kier molecular flexibility index (Phi) is 10.2. The van der Waals surface area contributed by atoms with Crippen molar-refractivity contribution >= 4 is 57.0 Å². The average molecular weight is 540 g/mol. The monoisotopic (exact) mass is 540 g/mol. The maximum absolute atomic E-state index is 13.6. The van der Waals surface area contributed by atoms with Gasteiger partial charge in [-0.3, -0.25) is 4.72 Å². The van der Waals surface area contributed by atoms with Gasteiger partial charge in [0.05, 0.1) is 18.0 Å². The zero-order chi connectivity index (χ0) is 19.9. The Morgan fingerprint density at radius 2 is 1.93 bits per heavy atom. The minimum atomic E-state index is -3.60. The highest BCUT2D eigenvalue weighted by molar-refractivity contribution is 14.0. The molecule has 2 aromatic rings. The van der Waals surface area contributed by atoms with Crippen molar-refractivity contribution in [3.05, 3.63) is 51.5 Å². The highest BCUT2D eigenvalue weighted by Gasteiger charge is 2.12. The molecule has 0 radical (unpaired) electrons. The van der Waals surface area contributed by atoms with Crippen molar-refractivity contribution in [2.24, 2.45) is 4.99 Å². The van der Waals surface area contributed by atoms with Crippen LogP contribution in [0.1, 0.15) is 22.9 Å². The zero-order valence-electron chi connectivity index (χ0n) is 16.1. The SMILES string of the molecule is CCNC(=NCc1sccc1C)NCCS(=O)(=O)Nc1ccc(C)c(F)c1.I. The minimum absolute atomic E-state index is 0. The lowest BCUT2D eigenvalue weighted by atomic mass is 10.2. The summed E-state index contributed by atoms with van der Waals surface area (Å²) in [5, 5.41) is 8.13. The molecule has 0 bridgehead atoms. The number of benzene rings is 1. The first-order valence-electron chi connectivity index (χ1n) is 8.62. The molecule has 0 fully saturated rings. The van der Waals surface area contributed by atoms with Crippen LogP contribution in [0.4, 0.5) is 10.1 Å². The number of anilines is 1. The second-order valence-corrected chi connectivity index (χ2v) is 8.88. The van der Waals surface area contributed by atoms with E-state index in [1.54, 1.807) is 18.3 Å². The summed E-state index contributed by atoms with van der Waals surface area (Å²) in [6.45, 7) is 6.98. The number of hydrogen-bond donors (Lipinski definition) is 3. The van der Waals surface area contributed by atoms with Crippen LogP contribution < -0.4 is 15.4 Å². The summed E-state index contributed by atoms with van der Waals surface area (Å²) in [7, 11) is -3.60. The van der Waals surface area contributed by atoms with Crippen LogP contribution in [0.15, 0.2) is 34.6 Å². The highest BCUT2D eigenvalue weighted by atomic mass is 127. The van der Waals surface area contributed by atoms with Gasteiger partial charge >= 0.3 is 0 Å². The molecule has 10 heteroatoms. The average Bonchev–Trinajstić information content (AvgIpc) is 3.00. The van der Waals surface area contributed by atoms with E-state index < -0.39 is 15.8 Å². The second-order valence-electron chi connectivity index (χ2n) is 6.03. The molecule has 0 aliphatic heterocycles. The number of aliphatic imine (C=N–C) groups is 1. The Bertz CT molecular complexity index is 901. The molecule has 1 heterocycles. The van der Waals surface area contributed by atoms with Crippen LogP contribution in [0.3, 0.4) is 0 Å². The van der Waals surface area contributed by atoms with Gasteiger partial charge in [0, 0.05) is 18.0 Å². The van der Waals surface area contributed by atoms with Crippen molar-refractivity contribution in [1.29, 1.82) is 0 Å². The molecule has 0 saturated carbocycles. The molecule has 0 spiro atoms. The number of aryl methyl sites for hydroxylation is 2. The quantitative estimate of drug-likeness (QED) is 0.272. The summed E-state index contributed by atoms with van der Waals surface area (Å²) < 4.78 is 40.3. The molecular weight excluding hydrogens is 514 g/mol.